The van der Waals surface area contributed by atoms with E-state index in [1.54, 1.807) is 17.4 Å². The van der Waals surface area contributed by atoms with Gasteiger partial charge in [-0.05, 0) is 43.7 Å². The summed E-state index contributed by atoms with van der Waals surface area (Å²) in [6.45, 7) is 4.08. The highest BCUT2D eigenvalue weighted by atomic mass is 32.2. The maximum Gasteiger partial charge on any atom is 0.283 e. The van der Waals surface area contributed by atoms with Crippen LogP contribution in [0.2, 0.25) is 0 Å². The van der Waals surface area contributed by atoms with Gasteiger partial charge in [0.1, 0.15) is 5.01 Å². The molecule has 3 aromatic carbocycles. The first-order valence-corrected chi connectivity index (χ1v) is 11.4. The molecule has 0 saturated carbocycles. The molecule has 0 bridgehead atoms. The van der Waals surface area contributed by atoms with Gasteiger partial charge in [-0.25, -0.2) is 4.98 Å². The van der Waals surface area contributed by atoms with Crippen LogP contribution < -0.4 is 0 Å². The minimum Gasteiger partial charge on any atom is -0.258 e. The van der Waals surface area contributed by atoms with E-state index in [-0.39, 0.29) is 10.6 Å². The smallest absolute Gasteiger partial charge is 0.258 e. The average Bonchev–Trinajstić information content (AvgIpc) is 3.24. The number of benzene rings is 3. The normalized spacial score (nSPS) is 11.2. The summed E-state index contributed by atoms with van der Waals surface area (Å²) in [4.78, 5) is 17.6. The summed E-state index contributed by atoms with van der Waals surface area (Å²) in [6.07, 6.45) is 3.76. The average molecular weight is 445 g/mol. The van der Waals surface area contributed by atoms with Crippen molar-refractivity contribution >= 4 is 40.9 Å². The van der Waals surface area contributed by atoms with Gasteiger partial charge >= 0.3 is 0 Å². The Hall–Kier alpha value is -3.22. The molecule has 0 unspecified atom stereocenters. The Morgan fingerprint density at radius 3 is 2.29 bits per heavy atom. The molecular weight excluding hydrogens is 424 g/mol. The molecule has 0 amide bonds. The van der Waals surface area contributed by atoms with Crippen LogP contribution in [0.15, 0.2) is 81.9 Å². The zero-order valence-electron chi connectivity index (χ0n) is 17.1. The van der Waals surface area contributed by atoms with E-state index < -0.39 is 0 Å². The van der Waals surface area contributed by atoms with Gasteiger partial charge in [-0.3, -0.25) is 10.1 Å². The van der Waals surface area contributed by atoms with Crippen molar-refractivity contribution in [2.45, 2.75) is 23.6 Å². The van der Waals surface area contributed by atoms with Crippen LogP contribution in [0.5, 0.6) is 0 Å². The molecule has 4 aromatic rings. The predicted octanol–water partition coefficient (Wildman–Crippen LogP) is 7.66. The summed E-state index contributed by atoms with van der Waals surface area (Å²) in [5, 5.41) is 14.5. The minimum atomic E-state index is -0.327. The molecule has 0 N–H and O–H groups in total. The van der Waals surface area contributed by atoms with Gasteiger partial charge in [-0.2, -0.15) is 0 Å². The Morgan fingerprint density at radius 1 is 0.935 bits per heavy atom. The van der Waals surface area contributed by atoms with E-state index in [1.165, 1.54) is 17.3 Å². The molecule has 0 atom stereocenters. The van der Waals surface area contributed by atoms with E-state index in [1.807, 2.05) is 60.9 Å². The summed E-state index contributed by atoms with van der Waals surface area (Å²) in [6, 6.07) is 21.5. The van der Waals surface area contributed by atoms with Crippen molar-refractivity contribution in [3.63, 3.8) is 0 Å². The van der Waals surface area contributed by atoms with Crippen LogP contribution in [0.1, 0.15) is 21.7 Å². The molecule has 0 radical (unpaired) electrons. The van der Waals surface area contributed by atoms with Gasteiger partial charge in [-0.15, -0.1) is 11.3 Å². The second-order valence-electron chi connectivity index (χ2n) is 7.17. The Labute approximate surface area is 189 Å². The molecule has 0 saturated heterocycles. The number of rotatable bonds is 6. The molecule has 4 rings (SSSR count). The van der Waals surface area contributed by atoms with Crippen LogP contribution in [0, 0.1) is 24.0 Å². The topological polar surface area (TPSA) is 56.0 Å². The number of thiazole rings is 1. The fourth-order valence-electron chi connectivity index (χ4n) is 2.99. The molecule has 0 aliphatic carbocycles. The minimum absolute atomic E-state index is 0.104. The lowest BCUT2D eigenvalue weighted by molar-refractivity contribution is -0.387. The monoisotopic (exact) mass is 444 g/mol. The second kappa shape index (κ2) is 9.29. The van der Waals surface area contributed by atoms with Gasteiger partial charge < -0.3 is 0 Å². The van der Waals surface area contributed by atoms with Crippen LogP contribution >= 0.6 is 23.1 Å². The zero-order valence-corrected chi connectivity index (χ0v) is 18.7. The van der Waals surface area contributed by atoms with Crippen LogP contribution in [-0.2, 0) is 0 Å². The Morgan fingerprint density at radius 2 is 1.61 bits per heavy atom. The summed E-state index contributed by atoms with van der Waals surface area (Å²) in [7, 11) is 0. The molecular formula is C25H20N2O2S2. The molecule has 0 spiro atoms. The van der Waals surface area contributed by atoms with E-state index in [2.05, 4.69) is 36.2 Å². The van der Waals surface area contributed by atoms with E-state index in [4.69, 9.17) is 0 Å². The highest BCUT2D eigenvalue weighted by molar-refractivity contribution is 7.99. The summed E-state index contributed by atoms with van der Waals surface area (Å²) < 4.78 is 0. The lowest BCUT2D eigenvalue weighted by Gasteiger charge is -2.04. The van der Waals surface area contributed by atoms with Crippen LogP contribution in [0.3, 0.4) is 0 Å². The number of hydrogen-bond acceptors (Lipinski definition) is 5. The van der Waals surface area contributed by atoms with E-state index in [0.29, 0.717) is 4.90 Å². The van der Waals surface area contributed by atoms with Gasteiger partial charge in [-0.1, -0.05) is 71.4 Å². The Bertz CT molecular complexity index is 1240. The van der Waals surface area contributed by atoms with Gasteiger partial charge in [0.2, 0.25) is 0 Å². The van der Waals surface area contributed by atoms with Gasteiger partial charge in [0.25, 0.3) is 5.69 Å². The van der Waals surface area contributed by atoms with Crippen LogP contribution in [0.25, 0.3) is 23.4 Å². The number of nitro benzene ring substituents is 1. The van der Waals surface area contributed by atoms with Crippen molar-refractivity contribution in [3.8, 4) is 11.3 Å². The number of nitrogens with zero attached hydrogens (tertiary/aromatic N) is 2. The summed E-state index contributed by atoms with van der Waals surface area (Å²) in [5.41, 5.74) is 5.26. The standard InChI is InChI=1S/C25H20N2O2S2/c1-17-3-9-20(10-4-17)22-16-30-25(26-22)14-8-19-7-13-24(23(15-19)27(28)29)31-21-11-5-18(2)6-12-21/h3-16H,1-2H3. The molecule has 1 aromatic heterocycles. The van der Waals surface area contributed by atoms with Crippen LogP contribution in [-0.4, -0.2) is 9.91 Å². The van der Waals surface area contributed by atoms with Crippen LogP contribution in [0.4, 0.5) is 5.69 Å². The lowest BCUT2D eigenvalue weighted by atomic mass is 10.1. The van der Waals surface area contributed by atoms with Crippen molar-refractivity contribution in [2.24, 2.45) is 0 Å². The SMILES string of the molecule is Cc1ccc(Sc2ccc(C=Cc3nc(-c4ccc(C)cc4)cs3)cc2[N+](=O)[O-])cc1. The first-order valence-electron chi connectivity index (χ1n) is 9.71. The molecule has 0 fully saturated rings. The van der Waals surface area contributed by atoms with Crippen molar-refractivity contribution < 1.29 is 4.92 Å². The fraction of sp³-hybridized carbons (Fsp3) is 0.0800. The largest absolute Gasteiger partial charge is 0.283 e. The first kappa shape index (κ1) is 21.0. The maximum absolute atomic E-state index is 11.6. The summed E-state index contributed by atoms with van der Waals surface area (Å²) in [5.74, 6) is 0. The number of hydrogen-bond donors (Lipinski definition) is 0. The zero-order chi connectivity index (χ0) is 21.8. The van der Waals surface area contributed by atoms with Crippen molar-refractivity contribution in [3.05, 3.63) is 104 Å². The number of aromatic nitrogens is 1. The van der Waals surface area contributed by atoms with Gasteiger partial charge in [0, 0.05) is 21.9 Å². The third-order valence-electron chi connectivity index (χ3n) is 4.72. The molecule has 1 heterocycles. The van der Waals surface area contributed by atoms with Gasteiger partial charge in [0.05, 0.1) is 15.5 Å². The van der Waals surface area contributed by atoms with E-state index >= 15 is 0 Å². The highest BCUT2D eigenvalue weighted by Gasteiger charge is 2.15. The molecule has 31 heavy (non-hydrogen) atoms. The predicted molar refractivity (Wildman–Crippen MR) is 130 cm³/mol. The number of nitro groups is 1. The third-order valence-corrected chi connectivity index (χ3v) is 6.60. The van der Waals surface area contributed by atoms with Crippen molar-refractivity contribution in [1.29, 1.82) is 0 Å². The first-order chi connectivity index (χ1) is 15.0. The quantitative estimate of drug-likeness (QED) is 0.226. The molecule has 0 aliphatic rings. The third kappa shape index (κ3) is 5.29. The molecule has 0 aliphatic heterocycles. The Balaban J connectivity index is 1.54. The lowest BCUT2D eigenvalue weighted by Crippen LogP contribution is -1.91. The molecule has 6 heteroatoms. The van der Waals surface area contributed by atoms with Crippen molar-refractivity contribution in [2.75, 3.05) is 0 Å². The highest BCUT2D eigenvalue weighted by Crippen LogP contribution is 2.36. The van der Waals surface area contributed by atoms with E-state index in [0.717, 1.165) is 32.3 Å². The molecule has 4 nitrogen and oxygen atoms in total. The summed E-state index contributed by atoms with van der Waals surface area (Å²) >= 11 is 2.95. The Kier molecular flexibility index (Phi) is 6.30. The van der Waals surface area contributed by atoms with E-state index in [9.17, 15) is 10.1 Å². The van der Waals surface area contributed by atoms with Gasteiger partial charge in [0.15, 0.2) is 0 Å². The molecule has 154 valence electrons. The fourth-order valence-corrected chi connectivity index (χ4v) is 4.61. The second-order valence-corrected chi connectivity index (χ2v) is 9.17. The maximum atomic E-state index is 11.6. The number of aryl methyl sites for hydroxylation is 2. The van der Waals surface area contributed by atoms with Crippen molar-refractivity contribution in [1.82, 2.24) is 4.98 Å².